The van der Waals surface area contributed by atoms with E-state index in [1.54, 1.807) is 6.33 Å². The third-order valence-corrected chi connectivity index (χ3v) is 3.55. The van der Waals surface area contributed by atoms with Gasteiger partial charge < -0.3 is 9.88 Å². The van der Waals surface area contributed by atoms with Crippen molar-refractivity contribution < 1.29 is 0 Å². The molecule has 90 valence electrons. The smallest absolute Gasteiger partial charge is 0.146 e. The summed E-state index contributed by atoms with van der Waals surface area (Å²) in [6.45, 7) is 8.60. The fourth-order valence-electron chi connectivity index (χ4n) is 2.53. The van der Waals surface area contributed by atoms with Crippen LogP contribution in [0.5, 0.6) is 0 Å². The number of nitrogens with zero attached hydrogens (tertiary/aromatic N) is 3. The molecule has 4 nitrogen and oxygen atoms in total. The van der Waals surface area contributed by atoms with E-state index in [0.717, 1.165) is 18.9 Å². The van der Waals surface area contributed by atoms with Gasteiger partial charge in [0.15, 0.2) is 0 Å². The van der Waals surface area contributed by atoms with Crippen molar-refractivity contribution in [1.29, 1.82) is 0 Å². The third kappa shape index (κ3) is 2.61. The summed E-state index contributed by atoms with van der Waals surface area (Å²) in [7, 11) is 0. The summed E-state index contributed by atoms with van der Waals surface area (Å²) in [5, 5.41) is 11.7. The van der Waals surface area contributed by atoms with Gasteiger partial charge in [0, 0.05) is 12.6 Å². The van der Waals surface area contributed by atoms with Gasteiger partial charge in [-0.05, 0) is 31.6 Å². The van der Waals surface area contributed by atoms with Crippen LogP contribution >= 0.6 is 0 Å². The summed E-state index contributed by atoms with van der Waals surface area (Å²) in [5.74, 6) is 1.05. The number of hydrogen-bond acceptors (Lipinski definition) is 3. The van der Waals surface area contributed by atoms with Gasteiger partial charge in [-0.25, -0.2) is 0 Å². The number of nitrogens with one attached hydrogen (secondary N) is 1. The molecule has 1 unspecified atom stereocenters. The highest BCUT2D eigenvalue weighted by Crippen LogP contribution is 2.36. The van der Waals surface area contributed by atoms with E-state index in [2.05, 4.69) is 40.9 Å². The van der Waals surface area contributed by atoms with Crippen molar-refractivity contribution in [3.8, 4) is 0 Å². The highest BCUT2D eigenvalue weighted by molar-refractivity contribution is 4.90. The van der Waals surface area contributed by atoms with E-state index in [0.29, 0.717) is 11.5 Å². The Balaban J connectivity index is 1.84. The van der Waals surface area contributed by atoms with Gasteiger partial charge in [0.25, 0.3) is 0 Å². The van der Waals surface area contributed by atoms with E-state index in [4.69, 9.17) is 0 Å². The van der Waals surface area contributed by atoms with Crippen molar-refractivity contribution in [1.82, 2.24) is 20.1 Å². The Morgan fingerprint density at radius 1 is 1.56 bits per heavy atom. The van der Waals surface area contributed by atoms with E-state index in [1.807, 2.05) is 0 Å². The molecule has 1 aliphatic carbocycles. The van der Waals surface area contributed by atoms with Crippen molar-refractivity contribution in [2.45, 2.75) is 59.2 Å². The molecular weight excluding hydrogens is 200 g/mol. The summed E-state index contributed by atoms with van der Waals surface area (Å²) in [6, 6.07) is 0.650. The Bertz CT molecular complexity index is 343. The summed E-state index contributed by atoms with van der Waals surface area (Å²) < 4.78 is 2.09. The number of aryl methyl sites for hydroxylation is 1. The van der Waals surface area contributed by atoms with E-state index < -0.39 is 0 Å². The second-order valence-corrected chi connectivity index (χ2v) is 5.52. The second-order valence-electron chi connectivity index (χ2n) is 5.52. The topological polar surface area (TPSA) is 42.7 Å². The zero-order chi connectivity index (χ0) is 11.6. The molecule has 1 fully saturated rings. The molecule has 0 spiro atoms. The number of hydrogen-bond donors (Lipinski definition) is 1. The lowest BCUT2D eigenvalue weighted by atomic mass is 9.92. The van der Waals surface area contributed by atoms with Gasteiger partial charge in [0.1, 0.15) is 12.2 Å². The van der Waals surface area contributed by atoms with Gasteiger partial charge >= 0.3 is 0 Å². The van der Waals surface area contributed by atoms with Crippen LogP contribution in [-0.2, 0) is 13.1 Å². The minimum atomic E-state index is 0.510. The molecule has 1 aromatic heterocycles. The van der Waals surface area contributed by atoms with Crippen LogP contribution in [0.25, 0.3) is 0 Å². The molecule has 0 amide bonds. The first kappa shape index (κ1) is 11.6. The lowest BCUT2D eigenvalue weighted by Crippen LogP contribution is -2.28. The molecule has 1 aliphatic rings. The van der Waals surface area contributed by atoms with Crippen molar-refractivity contribution >= 4 is 0 Å². The monoisotopic (exact) mass is 222 g/mol. The Morgan fingerprint density at radius 2 is 2.38 bits per heavy atom. The molecule has 1 N–H and O–H groups in total. The van der Waals surface area contributed by atoms with Gasteiger partial charge in [-0.2, -0.15) is 0 Å². The molecule has 16 heavy (non-hydrogen) atoms. The fourth-order valence-corrected chi connectivity index (χ4v) is 2.53. The molecule has 1 aromatic rings. The zero-order valence-corrected chi connectivity index (χ0v) is 10.5. The average molecular weight is 222 g/mol. The molecule has 1 saturated carbocycles. The van der Waals surface area contributed by atoms with Crippen LogP contribution in [0.3, 0.4) is 0 Å². The minimum absolute atomic E-state index is 0.510. The third-order valence-electron chi connectivity index (χ3n) is 3.55. The van der Waals surface area contributed by atoms with Crippen LogP contribution in [-0.4, -0.2) is 20.8 Å². The van der Waals surface area contributed by atoms with Crippen molar-refractivity contribution in [2.24, 2.45) is 5.41 Å². The zero-order valence-electron chi connectivity index (χ0n) is 10.5. The van der Waals surface area contributed by atoms with E-state index in [1.165, 1.54) is 19.3 Å². The molecule has 0 saturated heterocycles. The molecule has 1 heterocycles. The van der Waals surface area contributed by atoms with Crippen molar-refractivity contribution in [2.75, 3.05) is 0 Å². The highest BCUT2D eigenvalue weighted by Gasteiger charge is 2.30. The van der Waals surface area contributed by atoms with Crippen LogP contribution in [0.2, 0.25) is 0 Å². The maximum atomic E-state index is 4.13. The molecule has 0 radical (unpaired) electrons. The SMILES string of the molecule is CCn1cnnc1CNC1CCC(C)(C)C1. The van der Waals surface area contributed by atoms with E-state index in [9.17, 15) is 0 Å². The van der Waals surface area contributed by atoms with Crippen LogP contribution in [0.1, 0.15) is 45.9 Å². The van der Waals surface area contributed by atoms with E-state index >= 15 is 0 Å². The first-order chi connectivity index (χ1) is 7.61. The molecular formula is C12H22N4. The van der Waals surface area contributed by atoms with Crippen LogP contribution in [0.4, 0.5) is 0 Å². The Hall–Kier alpha value is -0.900. The maximum absolute atomic E-state index is 4.13. The Morgan fingerprint density at radius 3 is 3.00 bits per heavy atom. The standard InChI is InChI=1S/C12H22N4/c1-4-16-9-14-15-11(16)8-13-10-5-6-12(2,3)7-10/h9-10,13H,4-8H2,1-3H3. The Labute approximate surface area is 97.5 Å². The second kappa shape index (κ2) is 4.53. The fraction of sp³-hybridized carbons (Fsp3) is 0.833. The van der Waals surface area contributed by atoms with Crippen LogP contribution in [0, 0.1) is 5.41 Å². The number of rotatable bonds is 4. The average Bonchev–Trinajstić information content (AvgIpc) is 2.81. The van der Waals surface area contributed by atoms with Crippen LogP contribution in [0.15, 0.2) is 6.33 Å². The summed E-state index contributed by atoms with van der Waals surface area (Å²) >= 11 is 0. The quantitative estimate of drug-likeness (QED) is 0.847. The number of aromatic nitrogens is 3. The normalized spacial score (nSPS) is 23.8. The lowest BCUT2D eigenvalue weighted by molar-refractivity contribution is 0.362. The predicted molar refractivity (Wildman–Crippen MR) is 64.0 cm³/mol. The summed E-state index contributed by atoms with van der Waals surface area (Å²) in [6.07, 6.45) is 5.68. The van der Waals surface area contributed by atoms with Gasteiger partial charge in [-0.15, -0.1) is 10.2 Å². The highest BCUT2D eigenvalue weighted by atomic mass is 15.3. The van der Waals surface area contributed by atoms with Gasteiger partial charge in [0.05, 0.1) is 6.54 Å². The summed E-state index contributed by atoms with van der Waals surface area (Å²) in [5.41, 5.74) is 0.510. The summed E-state index contributed by atoms with van der Waals surface area (Å²) in [4.78, 5) is 0. The lowest BCUT2D eigenvalue weighted by Gasteiger charge is -2.17. The minimum Gasteiger partial charge on any atom is -0.317 e. The van der Waals surface area contributed by atoms with Gasteiger partial charge in [-0.3, -0.25) is 0 Å². The molecule has 4 heteroatoms. The molecule has 1 atom stereocenters. The predicted octanol–water partition coefficient (Wildman–Crippen LogP) is 1.97. The Kier molecular flexibility index (Phi) is 3.28. The van der Waals surface area contributed by atoms with E-state index in [-0.39, 0.29) is 0 Å². The van der Waals surface area contributed by atoms with Gasteiger partial charge in [-0.1, -0.05) is 13.8 Å². The first-order valence-corrected chi connectivity index (χ1v) is 6.21. The molecule has 0 bridgehead atoms. The maximum Gasteiger partial charge on any atom is 0.146 e. The van der Waals surface area contributed by atoms with Crippen molar-refractivity contribution in [3.05, 3.63) is 12.2 Å². The molecule has 0 aliphatic heterocycles. The van der Waals surface area contributed by atoms with Crippen LogP contribution < -0.4 is 5.32 Å². The molecule has 2 rings (SSSR count). The van der Waals surface area contributed by atoms with Crippen molar-refractivity contribution in [3.63, 3.8) is 0 Å². The largest absolute Gasteiger partial charge is 0.317 e. The molecule has 0 aromatic carbocycles. The first-order valence-electron chi connectivity index (χ1n) is 6.21. The van der Waals surface area contributed by atoms with Gasteiger partial charge in [0.2, 0.25) is 0 Å².